The quantitative estimate of drug-likeness (QED) is 0.794. The van der Waals surface area contributed by atoms with Gasteiger partial charge in [0.15, 0.2) is 0 Å². The molecule has 2 nitrogen and oxygen atoms in total. The number of halogens is 5. The average molecular weight is 336 g/mol. The summed E-state index contributed by atoms with van der Waals surface area (Å²) in [5.74, 6) is -0.116. The normalized spacial score (nSPS) is 11.5. The first-order valence-corrected chi connectivity index (χ1v) is 6.61. The highest BCUT2D eigenvalue weighted by Crippen LogP contribution is 2.34. The molecular formula is C14H10Cl2F3NO. The van der Waals surface area contributed by atoms with E-state index in [0.29, 0.717) is 5.56 Å². The van der Waals surface area contributed by atoms with E-state index in [1.165, 1.54) is 12.1 Å². The van der Waals surface area contributed by atoms with Crippen molar-refractivity contribution in [2.24, 2.45) is 0 Å². The first-order valence-electron chi connectivity index (χ1n) is 5.86. The molecule has 0 atom stereocenters. The van der Waals surface area contributed by atoms with Crippen molar-refractivity contribution in [1.29, 1.82) is 0 Å². The number of para-hydroxylation sites is 1. The summed E-state index contributed by atoms with van der Waals surface area (Å²) < 4.78 is 38.0. The Morgan fingerprint density at radius 1 is 1.05 bits per heavy atom. The topological polar surface area (TPSA) is 32.3 Å². The van der Waals surface area contributed by atoms with Gasteiger partial charge in [-0.1, -0.05) is 35.3 Å². The number of phenols is 1. The van der Waals surface area contributed by atoms with Gasteiger partial charge in [-0.15, -0.1) is 0 Å². The molecule has 0 bridgehead atoms. The van der Waals surface area contributed by atoms with E-state index in [1.54, 1.807) is 12.1 Å². The Balaban J connectivity index is 2.22. The molecule has 0 aromatic heterocycles. The lowest BCUT2D eigenvalue weighted by Crippen LogP contribution is -2.07. The number of nitrogens with one attached hydrogen (secondary N) is 1. The van der Waals surface area contributed by atoms with E-state index in [9.17, 15) is 18.3 Å². The van der Waals surface area contributed by atoms with Gasteiger partial charge in [0.1, 0.15) is 5.75 Å². The van der Waals surface area contributed by atoms with Crippen molar-refractivity contribution in [3.8, 4) is 5.75 Å². The van der Waals surface area contributed by atoms with Gasteiger partial charge in [-0.25, -0.2) is 0 Å². The standard InChI is InChI=1S/C14H10Cl2F3NO/c15-10-5-4-9(14(17,18)19)6-12(10)20-7-8-2-1-3-11(16)13(8)21/h1-6,20-21H,7H2. The van der Waals surface area contributed by atoms with Crippen LogP contribution < -0.4 is 5.32 Å². The summed E-state index contributed by atoms with van der Waals surface area (Å²) in [5, 5.41) is 12.8. The van der Waals surface area contributed by atoms with E-state index in [0.717, 1.165) is 12.1 Å². The maximum atomic E-state index is 12.7. The zero-order valence-electron chi connectivity index (χ0n) is 10.5. The van der Waals surface area contributed by atoms with Crippen LogP contribution in [0.15, 0.2) is 36.4 Å². The second kappa shape index (κ2) is 6.03. The highest BCUT2D eigenvalue weighted by Gasteiger charge is 2.30. The third-order valence-electron chi connectivity index (χ3n) is 2.83. The van der Waals surface area contributed by atoms with E-state index in [4.69, 9.17) is 23.2 Å². The molecule has 0 aliphatic carbocycles. The maximum Gasteiger partial charge on any atom is 0.416 e. The zero-order valence-corrected chi connectivity index (χ0v) is 12.0. The highest BCUT2D eigenvalue weighted by molar-refractivity contribution is 6.33. The molecule has 0 unspecified atom stereocenters. The molecule has 7 heteroatoms. The lowest BCUT2D eigenvalue weighted by atomic mass is 10.1. The maximum absolute atomic E-state index is 12.7. The summed E-state index contributed by atoms with van der Waals surface area (Å²) >= 11 is 11.6. The van der Waals surface area contributed by atoms with Crippen molar-refractivity contribution in [2.45, 2.75) is 12.7 Å². The van der Waals surface area contributed by atoms with Crippen LogP contribution in [-0.2, 0) is 12.7 Å². The molecule has 0 fully saturated rings. The molecule has 0 radical (unpaired) electrons. The minimum atomic E-state index is -4.45. The number of benzene rings is 2. The lowest BCUT2D eigenvalue weighted by Gasteiger charge is -2.13. The van der Waals surface area contributed by atoms with Gasteiger partial charge in [-0.05, 0) is 24.3 Å². The minimum Gasteiger partial charge on any atom is -0.506 e. The van der Waals surface area contributed by atoms with Crippen molar-refractivity contribution >= 4 is 28.9 Å². The Morgan fingerprint density at radius 3 is 2.43 bits per heavy atom. The third-order valence-corrected chi connectivity index (χ3v) is 3.47. The lowest BCUT2D eigenvalue weighted by molar-refractivity contribution is -0.137. The fourth-order valence-electron chi connectivity index (χ4n) is 1.73. The summed E-state index contributed by atoms with van der Waals surface area (Å²) in [6, 6.07) is 7.75. The monoisotopic (exact) mass is 335 g/mol. The molecule has 2 aromatic carbocycles. The molecule has 0 aliphatic heterocycles. The summed E-state index contributed by atoms with van der Waals surface area (Å²) in [6.45, 7) is 0.0907. The van der Waals surface area contributed by atoms with Gasteiger partial charge in [0, 0.05) is 12.1 Å². The van der Waals surface area contributed by atoms with E-state index in [-0.39, 0.29) is 28.0 Å². The highest BCUT2D eigenvalue weighted by atomic mass is 35.5. The van der Waals surface area contributed by atoms with Crippen LogP contribution in [-0.4, -0.2) is 5.11 Å². The second-order valence-electron chi connectivity index (χ2n) is 4.29. The average Bonchev–Trinajstić information content (AvgIpc) is 2.40. The number of aromatic hydroxyl groups is 1. The number of alkyl halides is 3. The van der Waals surface area contributed by atoms with Crippen LogP contribution in [0.4, 0.5) is 18.9 Å². The molecule has 0 saturated carbocycles. The molecule has 112 valence electrons. The molecule has 0 aliphatic rings. The molecule has 0 amide bonds. The number of anilines is 1. The fraction of sp³-hybridized carbons (Fsp3) is 0.143. The van der Waals surface area contributed by atoms with E-state index >= 15 is 0 Å². The predicted molar refractivity (Wildman–Crippen MR) is 76.9 cm³/mol. The van der Waals surface area contributed by atoms with Gasteiger partial charge < -0.3 is 10.4 Å². The molecule has 2 N–H and O–H groups in total. The van der Waals surface area contributed by atoms with Gasteiger partial charge in [0.2, 0.25) is 0 Å². The van der Waals surface area contributed by atoms with Crippen molar-refractivity contribution in [3.63, 3.8) is 0 Å². The fourth-order valence-corrected chi connectivity index (χ4v) is 2.11. The van der Waals surface area contributed by atoms with Gasteiger partial charge in [-0.3, -0.25) is 0 Å². The van der Waals surface area contributed by atoms with Crippen LogP contribution in [0.25, 0.3) is 0 Å². The van der Waals surface area contributed by atoms with E-state index in [1.807, 2.05) is 0 Å². The zero-order chi connectivity index (χ0) is 15.6. The number of hydrogen-bond donors (Lipinski definition) is 2. The Kier molecular flexibility index (Phi) is 4.54. The second-order valence-corrected chi connectivity index (χ2v) is 5.11. The van der Waals surface area contributed by atoms with Crippen molar-refractivity contribution in [2.75, 3.05) is 5.32 Å². The third kappa shape index (κ3) is 3.74. The van der Waals surface area contributed by atoms with E-state index < -0.39 is 11.7 Å². The Bertz CT molecular complexity index is 659. The number of hydrogen-bond acceptors (Lipinski definition) is 2. The minimum absolute atomic E-state index is 0.0907. The first kappa shape index (κ1) is 15.8. The smallest absolute Gasteiger partial charge is 0.416 e. The Hall–Kier alpha value is -1.59. The molecule has 2 rings (SSSR count). The first-order chi connectivity index (χ1) is 9.79. The van der Waals surface area contributed by atoms with Crippen molar-refractivity contribution < 1.29 is 18.3 Å². The largest absolute Gasteiger partial charge is 0.506 e. The summed E-state index contributed by atoms with van der Waals surface area (Å²) in [6.07, 6.45) is -4.45. The Morgan fingerprint density at radius 2 is 1.76 bits per heavy atom. The molecular weight excluding hydrogens is 326 g/mol. The molecule has 2 aromatic rings. The van der Waals surface area contributed by atoms with Gasteiger partial charge in [0.25, 0.3) is 0 Å². The van der Waals surface area contributed by atoms with Crippen LogP contribution in [0.1, 0.15) is 11.1 Å². The van der Waals surface area contributed by atoms with Crippen LogP contribution in [0.2, 0.25) is 10.0 Å². The van der Waals surface area contributed by atoms with Gasteiger partial charge >= 0.3 is 6.18 Å². The van der Waals surface area contributed by atoms with Crippen LogP contribution in [0, 0.1) is 0 Å². The number of phenolic OH excluding ortho intramolecular Hbond substituents is 1. The Labute approximate surface area is 129 Å². The molecule has 0 spiro atoms. The summed E-state index contributed by atoms with van der Waals surface area (Å²) in [5.41, 5.74) is -0.216. The SMILES string of the molecule is Oc1c(Cl)cccc1CNc1cc(C(F)(F)F)ccc1Cl. The molecule has 0 saturated heterocycles. The molecule has 21 heavy (non-hydrogen) atoms. The van der Waals surface area contributed by atoms with Gasteiger partial charge in [0.05, 0.1) is 21.3 Å². The van der Waals surface area contributed by atoms with Crippen molar-refractivity contribution in [1.82, 2.24) is 0 Å². The van der Waals surface area contributed by atoms with Crippen molar-refractivity contribution in [3.05, 3.63) is 57.6 Å². The van der Waals surface area contributed by atoms with Crippen LogP contribution in [0.3, 0.4) is 0 Å². The van der Waals surface area contributed by atoms with E-state index in [2.05, 4.69) is 5.32 Å². The number of rotatable bonds is 3. The van der Waals surface area contributed by atoms with Gasteiger partial charge in [-0.2, -0.15) is 13.2 Å². The molecule has 0 heterocycles. The van der Waals surface area contributed by atoms with Crippen LogP contribution in [0.5, 0.6) is 5.75 Å². The van der Waals surface area contributed by atoms with Crippen LogP contribution >= 0.6 is 23.2 Å². The summed E-state index contributed by atoms with van der Waals surface area (Å²) in [4.78, 5) is 0. The predicted octanol–water partition coefficient (Wildman–Crippen LogP) is 5.33. The summed E-state index contributed by atoms with van der Waals surface area (Å²) in [7, 11) is 0.